The van der Waals surface area contributed by atoms with E-state index in [4.69, 9.17) is 4.74 Å². The van der Waals surface area contributed by atoms with E-state index in [9.17, 15) is 14.0 Å². The molecule has 2 aromatic carbocycles. The topological polar surface area (TPSA) is 73.2 Å². The quantitative estimate of drug-likeness (QED) is 0.695. The molecule has 0 unspecified atom stereocenters. The summed E-state index contributed by atoms with van der Waals surface area (Å²) in [6, 6.07) is 14.1. The molecule has 0 aliphatic carbocycles. The van der Waals surface area contributed by atoms with E-state index in [1.165, 1.54) is 34.9 Å². The zero-order chi connectivity index (χ0) is 21.0. The Hall–Kier alpha value is -3.48. The van der Waals surface area contributed by atoms with Crippen molar-refractivity contribution < 1.29 is 13.9 Å². The number of benzene rings is 2. The van der Waals surface area contributed by atoms with Gasteiger partial charge in [-0.2, -0.15) is 0 Å². The van der Waals surface area contributed by atoms with E-state index < -0.39 is 0 Å². The van der Waals surface area contributed by atoms with Gasteiger partial charge in [0, 0.05) is 17.3 Å². The number of aromatic nitrogens is 2. The maximum Gasteiger partial charge on any atom is 0.254 e. The molecule has 0 aliphatic rings. The van der Waals surface area contributed by atoms with Crippen LogP contribution in [0.3, 0.4) is 0 Å². The van der Waals surface area contributed by atoms with Crippen LogP contribution in [0.15, 0.2) is 59.4 Å². The zero-order valence-electron chi connectivity index (χ0n) is 16.5. The molecule has 3 rings (SSSR count). The average molecular weight is 395 g/mol. The summed E-state index contributed by atoms with van der Waals surface area (Å²) in [5, 5.41) is 2.88. The van der Waals surface area contributed by atoms with Gasteiger partial charge in [0.1, 0.15) is 23.9 Å². The van der Waals surface area contributed by atoms with Crippen LogP contribution in [0.25, 0.3) is 11.4 Å². The van der Waals surface area contributed by atoms with Crippen molar-refractivity contribution in [2.75, 3.05) is 7.11 Å². The average Bonchev–Trinajstić information content (AvgIpc) is 2.70. The van der Waals surface area contributed by atoms with Crippen molar-refractivity contribution in [3.8, 4) is 17.1 Å². The molecule has 6 nitrogen and oxygen atoms in total. The highest BCUT2D eigenvalue weighted by molar-refractivity contribution is 5.77. The Bertz CT molecular complexity index is 1060. The van der Waals surface area contributed by atoms with Gasteiger partial charge < -0.3 is 10.1 Å². The molecular weight excluding hydrogens is 373 g/mol. The van der Waals surface area contributed by atoms with Crippen LogP contribution in [0.2, 0.25) is 0 Å². The van der Waals surface area contributed by atoms with E-state index in [0.717, 1.165) is 11.3 Å². The molecule has 3 aromatic rings. The first kappa shape index (κ1) is 20.3. The van der Waals surface area contributed by atoms with Crippen LogP contribution in [0.5, 0.6) is 5.75 Å². The number of carbonyl (C=O) groups is 1. The summed E-state index contributed by atoms with van der Waals surface area (Å²) in [5.74, 6) is 0.335. The van der Waals surface area contributed by atoms with Gasteiger partial charge in [0.05, 0.1) is 13.2 Å². The third kappa shape index (κ3) is 4.87. The van der Waals surface area contributed by atoms with E-state index in [2.05, 4.69) is 10.3 Å². The Morgan fingerprint density at radius 3 is 2.45 bits per heavy atom. The van der Waals surface area contributed by atoms with Crippen molar-refractivity contribution in [1.29, 1.82) is 0 Å². The molecule has 1 N–H and O–H groups in total. The SMILES string of the molecule is COc1ccc([C@@H](C)NC(=O)Cn2c(-c3ccc(F)cc3)nc(C)cc2=O)cc1. The summed E-state index contributed by atoms with van der Waals surface area (Å²) in [7, 11) is 1.59. The molecule has 0 aliphatic heterocycles. The first-order chi connectivity index (χ1) is 13.9. The summed E-state index contributed by atoms with van der Waals surface area (Å²) in [6.07, 6.45) is 0. The summed E-state index contributed by atoms with van der Waals surface area (Å²) in [6.45, 7) is 3.36. The predicted molar refractivity (Wildman–Crippen MR) is 108 cm³/mol. The normalized spacial score (nSPS) is 11.7. The van der Waals surface area contributed by atoms with Gasteiger partial charge in [-0.15, -0.1) is 0 Å². The maximum absolute atomic E-state index is 13.3. The highest BCUT2D eigenvalue weighted by atomic mass is 19.1. The van der Waals surface area contributed by atoms with E-state index in [0.29, 0.717) is 17.1 Å². The van der Waals surface area contributed by atoms with E-state index in [-0.39, 0.29) is 29.9 Å². The number of halogens is 1. The smallest absolute Gasteiger partial charge is 0.254 e. The molecule has 7 heteroatoms. The lowest BCUT2D eigenvalue weighted by Gasteiger charge is -2.17. The molecule has 0 saturated heterocycles. The number of nitrogens with zero attached hydrogens (tertiary/aromatic N) is 2. The molecule has 0 radical (unpaired) electrons. The summed E-state index contributed by atoms with van der Waals surface area (Å²) < 4.78 is 19.7. The van der Waals surface area contributed by atoms with Gasteiger partial charge in [-0.3, -0.25) is 14.2 Å². The van der Waals surface area contributed by atoms with Crippen LogP contribution in [0.4, 0.5) is 4.39 Å². The van der Waals surface area contributed by atoms with Crippen molar-refractivity contribution in [3.63, 3.8) is 0 Å². The zero-order valence-corrected chi connectivity index (χ0v) is 16.5. The number of methoxy groups -OCH3 is 1. The second-order valence-electron chi connectivity index (χ2n) is 6.71. The Labute approximate surface area is 168 Å². The maximum atomic E-state index is 13.3. The Kier molecular flexibility index (Phi) is 6.07. The summed E-state index contributed by atoms with van der Waals surface area (Å²) in [5.41, 5.74) is 1.65. The fourth-order valence-corrected chi connectivity index (χ4v) is 3.00. The van der Waals surface area contributed by atoms with Crippen molar-refractivity contribution in [1.82, 2.24) is 14.9 Å². The van der Waals surface area contributed by atoms with E-state index in [1.807, 2.05) is 31.2 Å². The molecule has 1 heterocycles. The largest absolute Gasteiger partial charge is 0.497 e. The molecule has 0 bridgehead atoms. The molecule has 1 atom stereocenters. The van der Waals surface area contributed by atoms with Gasteiger partial charge in [0.2, 0.25) is 5.91 Å². The van der Waals surface area contributed by atoms with Gasteiger partial charge in [-0.1, -0.05) is 12.1 Å². The minimum Gasteiger partial charge on any atom is -0.497 e. The Balaban J connectivity index is 1.82. The number of hydrogen-bond donors (Lipinski definition) is 1. The van der Waals surface area contributed by atoms with Gasteiger partial charge in [-0.05, 0) is 55.8 Å². The van der Waals surface area contributed by atoms with Crippen molar-refractivity contribution in [2.24, 2.45) is 0 Å². The first-order valence-corrected chi connectivity index (χ1v) is 9.15. The lowest BCUT2D eigenvalue weighted by Crippen LogP contribution is -2.34. The lowest BCUT2D eigenvalue weighted by atomic mass is 10.1. The van der Waals surface area contributed by atoms with E-state index >= 15 is 0 Å². The number of ether oxygens (including phenoxy) is 1. The van der Waals surface area contributed by atoms with Crippen LogP contribution in [0.1, 0.15) is 24.2 Å². The minimum absolute atomic E-state index is 0.195. The van der Waals surface area contributed by atoms with Crippen LogP contribution >= 0.6 is 0 Å². The van der Waals surface area contributed by atoms with Crippen LogP contribution in [-0.4, -0.2) is 22.6 Å². The minimum atomic E-state index is -0.388. The van der Waals surface area contributed by atoms with Gasteiger partial charge in [0.25, 0.3) is 5.56 Å². The molecule has 1 aromatic heterocycles. The third-order valence-electron chi connectivity index (χ3n) is 4.53. The number of rotatable bonds is 6. The molecule has 150 valence electrons. The highest BCUT2D eigenvalue weighted by Crippen LogP contribution is 2.19. The Morgan fingerprint density at radius 2 is 1.83 bits per heavy atom. The fourth-order valence-electron chi connectivity index (χ4n) is 3.00. The molecular formula is C22H22FN3O3. The number of aryl methyl sites for hydroxylation is 1. The van der Waals surface area contributed by atoms with Crippen LogP contribution in [-0.2, 0) is 11.3 Å². The number of hydrogen-bond acceptors (Lipinski definition) is 4. The monoisotopic (exact) mass is 395 g/mol. The molecule has 0 saturated carbocycles. The van der Waals surface area contributed by atoms with Crippen molar-refractivity contribution in [2.45, 2.75) is 26.4 Å². The van der Waals surface area contributed by atoms with Gasteiger partial charge >= 0.3 is 0 Å². The first-order valence-electron chi connectivity index (χ1n) is 9.15. The molecule has 0 spiro atoms. The highest BCUT2D eigenvalue weighted by Gasteiger charge is 2.15. The number of carbonyl (C=O) groups excluding carboxylic acids is 1. The molecule has 29 heavy (non-hydrogen) atoms. The molecule has 0 fully saturated rings. The predicted octanol–water partition coefficient (Wildman–Crippen LogP) is 3.24. The number of nitrogens with one attached hydrogen (secondary N) is 1. The summed E-state index contributed by atoms with van der Waals surface area (Å²) in [4.78, 5) is 29.5. The van der Waals surface area contributed by atoms with E-state index in [1.54, 1.807) is 14.0 Å². The van der Waals surface area contributed by atoms with Crippen molar-refractivity contribution in [3.05, 3.63) is 82.0 Å². The summed E-state index contributed by atoms with van der Waals surface area (Å²) >= 11 is 0. The van der Waals surface area contributed by atoms with Gasteiger partial charge in [0.15, 0.2) is 0 Å². The van der Waals surface area contributed by atoms with Crippen LogP contribution in [0, 0.1) is 12.7 Å². The Morgan fingerprint density at radius 1 is 1.17 bits per heavy atom. The number of amides is 1. The lowest BCUT2D eigenvalue weighted by molar-refractivity contribution is -0.122. The third-order valence-corrected chi connectivity index (χ3v) is 4.53. The molecule has 1 amide bonds. The van der Waals surface area contributed by atoms with Crippen LogP contribution < -0.4 is 15.6 Å². The fraction of sp³-hybridized carbons (Fsp3) is 0.227. The van der Waals surface area contributed by atoms with Crippen molar-refractivity contribution >= 4 is 5.91 Å². The standard InChI is InChI=1S/C22H22FN3O3/c1-14-12-21(28)26(22(24-14)17-4-8-18(23)9-5-17)13-20(27)25-15(2)16-6-10-19(29-3)11-7-16/h4-12,15H,13H2,1-3H3,(H,25,27)/t15-/m1/s1. The second-order valence-corrected chi connectivity index (χ2v) is 6.71. The second kappa shape index (κ2) is 8.68. The van der Waals surface area contributed by atoms with Gasteiger partial charge in [-0.25, -0.2) is 9.37 Å².